The molecule has 0 aliphatic carbocycles. The Hall–Kier alpha value is -1.75. The number of nitrogen functional groups attached to an aromatic ring is 1. The number of hydrogen-bond donors (Lipinski definition) is 2. The maximum Gasteiger partial charge on any atom is 0.251 e. The first-order chi connectivity index (χ1) is 8.69. The second kappa shape index (κ2) is 5.73. The third kappa shape index (κ3) is 3.13. The molecule has 0 aromatic heterocycles. The minimum atomic E-state index is -0.142. The summed E-state index contributed by atoms with van der Waals surface area (Å²) in [6.07, 6.45) is 1.93. The lowest BCUT2D eigenvalue weighted by Crippen LogP contribution is -2.40. The van der Waals surface area contributed by atoms with Gasteiger partial charge in [0.15, 0.2) is 0 Å². The summed E-state index contributed by atoms with van der Waals surface area (Å²) in [5, 5.41) is 2.94. The minimum Gasteiger partial charge on any atom is -0.497 e. The summed E-state index contributed by atoms with van der Waals surface area (Å²) in [7, 11) is 1.55. The largest absolute Gasteiger partial charge is 0.497 e. The van der Waals surface area contributed by atoms with Gasteiger partial charge in [-0.15, -0.1) is 0 Å². The molecule has 1 aromatic carbocycles. The highest BCUT2D eigenvalue weighted by Crippen LogP contribution is 2.18. The van der Waals surface area contributed by atoms with E-state index >= 15 is 0 Å². The molecule has 98 valence electrons. The molecule has 2 rings (SSSR count). The molecule has 18 heavy (non-hydrogen) atoms. The van der Waals surface area contributed by atoms with Crippen LogP contribution in [0.4, 0.5) is 5.69 Å². The van der Waals surface area contributed by atoms with Crippen molar-refractivity contribution in [2.45, 2.75) is 18.9 Å². The van der Waals surface area contributed by atoms with Crippen LogP contribution >= 0.6 is 0 Å². The van der Waals surface area contributed by atoms with E-state index in [0.29, 0.717) is 23.6 Å². The zero-order valence-electron chi connectivity index (χ0n) is 10.4. The van der Waals surface area contributed by atoms with Crippen molar-refractivity contribution in [2.24, 2.45) is 0 Å². The number of hydrogen-bond acceptors (Lipinski definition) is 4. The molecule has 1 unspecified atom stereocenters. The number of carbonyl (C=O) groups excluding carboxylic acids is 1. The highest BCUT2D eigenvalue weighted by Gasteiger charge is 2.17. The van der Waals surface area contributed by atoms with Crippen molar-refractivity contribution in [3.8, 4) is 5.75 Å². The van der Waals surface area contributed by atoms with Crippen LogP contribution in [0.25, 0.3) is 0 Å². The van der Waals surface area contributed by atoms with Crippen molar-refractivity contribution in [1.82, 2.24) is 5.32 Å². The Labute approximate surface area is 106 Å². The number of anilines is 1. The van der Waals surface area contributed by atoms with Gasteiger partial charge in [0.05, 0.1) is 19.8 Å². The molecule has 5 heteroatoms. The molecule has 1 heterocycles. The Balaban J connectivity index is 2.05. The molecule has 1 fully saturated rings. The van der Waals surface area contributed by atoms with E-state index in [0.717, 1.165) is 19.4 Å². The third-order valence-corrected chi connectivity index (χ3v) is 2.92. The van der Waals surface area contributed by atoms with Crippen LogP contribution in [-0.2, 0) is 4.74 Å². The quantitative estimate of drug-likeness (QED) is 0.790. The summed E-state index contributed by atoms with van der Waals surface area (Å²) >= 11 is 0. The minimum absolute atomic E-state index is 0.0821. The average Bonchev–Trinajstić information content (AvgIpc) is 2.39. The summed E-state index contributed by atoms with van der Waals surface area (Å²) in [6, 6.07) is 5.08. The molecule has 5 nitrogen and oxygen atoms in total. The summed E-state index contributed by atoms with van der Waals surface area (Å²) < 4.78 is 10.4. The van der Waals surface area contributed by atoms with E-state index in [1.54, 1.807) is 25.3 Å². The van der Waals surface area contributed by atoms with Crippen LogP contribution in [-0.4, -0.2) is 32.3 Å². The smallest absolute Gasteiger partial charge is 0.251 e. The Morgan fingerprint density at radius 3 is 3.00 bits per heavy atom. The van der Waals surface area contributed by atoms with Gasteiger partial charge in [-0.2, -0.15) is 0 Å². The molecule has 1 aromatic rings. The average molecular weight is 250 g/mol. The van der Waals surface area contributed by atoms with Crippen LogP contribution in [0.2, 0.25) is 0 Å². The summed E-state index contributed by atoms with van der Waals surface area (Å²) in [5.74, 6) is 0.441. The normalized spacial score (nSPS) is 19.3. The fraction of sp³-hybridized carbons (Fsp3) is 0.462. The molecule has 1 atom stereocenters. The molecule has 0 saturated carbocycles. The molecule has 1 amide bonds. The van der Waals surface area contributed by atoms with Gasteiger partial charge in [-0.3, -0.25) is 4.79 Å². The maximum absolute atomic E-state index is 12.1. The monoisotopic (exact) mass is 250 g/mol. The van der Waals surface area contributed by atoms with Crippen LogP contribution < -0.4 is 15.8 Å². The summed E-state index contributed by atoms with van der Waals surface area (Å²) in [6.45, 7) is 1.35. The van der Waals surface area contributed by atoms with E-state index in [-0.39, 0.29) is 11.9 Å². The van der Waals surface area contributed by atoms with Gasteiger partial charge < -0.3 is 20.5 Å². The van der Waals surface area contributed by atoms with Gasteiger partial charge in [0, 0.05) is 23.9 Å². The number of nitrogens with two attached hydrogens (primary N) is 1. The van der Waals surface area contributed by atoms with Gasteiger partial charge in [-0.1, -0.05) is 0 Å². The van der Waals surface area contributed by atoms with Crippen LogP contribution in [0.1, 0.15) is 23.2 Å². The number of methoxy groups -OCH3 is 1. The van der Waals surface area contributed by atoms with Crippen LogP contribution in [0.3, 0.4) is 0 Å². The molecule has 0 spiro atoms. The summed E-state index contributed by atoms with van der Waals surface area (Å²) in [4.78, 5) is 12.1. The fourth-order valence-corrected chi connectivity index (χ4v) is 1.99. The number of carbonyl (C=O) groups is 1. The topological polar surface area (TPSA) is 73.6 Å². The Morgan fingerprint density at radius 1 is 1.50 bits per heavy atom. The Morgan fingerprint density at radius 2 is 2.33 bits per heavy atom. The highest BCUT2D eigenvalue weighted by atomic mass is 16.5. The number of nitrogens with one attached hydrogen (secondary N) is 1. The van der Waals surface area contributed by atoms with Crippen molar-refractivity contribution in [2.75, 3.05) is 26.1 Å². The molecule has 1 saturated heterocycles. The zero-order valence-corrected chi connectivity index (χ0v) is 10.4. The first-order valence-corrected chi connectivity index (χ1v) is 6.02. The molecule has 0 radical (unpaired) electrons. The highest BCUT2D eigenvalue weighted by molar-refractivity contribution is 5.95. The van der Waals surface area contributed by atoms with Gasteiger partial charge in [0.25, 0.3) is 5.91 Å². The number of benzene rings is 1. The van der Waals surface area contributed by atoms with E-state index in [1.807, 2.05) is 0 Å². The lowest BCUT2D eigenvalue weighted by molar-refractivity contribution is 0.0624. The molecule has 1 aliphatic rings. The molecule has 3 N–H and O–H groups in total. The third-order valence-electron chi connectivity index (χ3n) is 2.92. The number of rotatable bonds is 3. The Kier molecular flexibility index (Phi) is 4.04. The lowest BCUT2D eigenvalue weighted by atomic mass is 10.1. The van der Waals surface area contributed by atoms with E-state index in [4.69, 9.17) is 15.2 Å². The second-order valence-corrected chi connectivity index (χ2v) is 4.38. The zero-order chi connectivity index (χ0) is 13.0. The van der Waals surface area contributed by atoms with Crippen LogP contribution in [0, 0.1) is 0 Å². The standard InChI is InChI=1S/C13H18N2O3/c1-17-12-6-9(5-10(14)7-12)13(16)15-11-3-2-4-18-8-11/h5-7,11H,2-4,8,14H2,1H3,(H,15,16). The van der Waals surface area contributed by atoms with Crippen molar-refractivity contribution in [3.63, 3.8) is 0 Å². The van der Waals surface area contributed by atoms with E-state index in [9.17, 15) is 4.79 Å². The first-order valence-electron chi connectivity index (χ1n) is 6.02. The SMILES string of the molecule is COc1cc(N)cc(C(=O)NC2CCCOC2)c1. The van der Waals surface area contributed by atoms with Gasteiger partial charge in [0.1, 0.15) is 5.75 Å². The van der Waals surface area contributed by atoms with Crippen LogP contribution in [0.15, 0.2) is 18.2 Å². The van der Waals surface area contributed by atoms with Gasteiger partial charge in [-0.05, 0) is 25.0 Å². The van der Waals surface area contributed by atoms with Gasteiger partial charge >= 0.3 is 0 Å². The van der Waals surface area contributed by atoms with Crippen molar-refractivity contribution in [1.29, 1.82) is 0 Å². The van der Waals surface area contributed by atoms with Crippen LogP contribution in [0.5, 0.6) is 5.75 Å². The molecule has 1 aliphatic heterocycles. The fourth-order valence-electron chi connectivity index (χ4n) is 1.99. The predicted molar refractivity (Wildman–Crippen MR) is 68.7 cm³/mol. The van der Waals surface area contributed by atoms with E-state index in [2.05, 4.69) is 5.32 Å². The molecular weight excluding hydrogens is 232 g/mol. The first kappa shape index (κ1) is 12.7. The summed E-state index contributed by atoms with van der Waals surface area (Å²) in [5.41, 5.74) is 6.75. The van der Waals surface area contributed by atoms with E-state index < -0.39 is 0 Å². The van der Waals surface area contributed by atoms with Gasteiger partial charge in [0.2, 0.25) is 0 Å². The van der Waals surface area contributed by atoms with E-state index in [1.165, 1.54) is 0 Å². The predicted octanol–water partition coefficient (Wildman–Crippen LogP) is 1.19. The van der Waals surface area contributed by atoms with Crippen molar-refractivity contribution < 1.29 is 14.3 Å². The van der Waals surface area contributed by atoms with Gasteiger partial charge in [-0.25, -0.2) is 0 Å². The number of ether oxygens (including phenoxy) is 2. The van der Waals surface area contributed by atoms with Crippen molar-refractivity contribution >= 4 is 11.6 Å². The molecule has 0 bridgehead atoms. The lowest BCUT2D eigenvalue weighted by Gasteiger charge is -2.23. The maximum atomic E-state index is 12.1. The number of amides is 1. The Bertz CT molecular complexity index is 428. The molecular formula is C13H18N2O3. The second-order valence-electron chi connectivity index (χ2n) is 4.38. The van der Waals surface area contributed by atoms with Crippen molar-refractivity contribution in [3.05, 3.63) is 23.8 Å².